The van der Waals surface area contributed by atoms with Gasteiger partial charge in [-0.15, -0.1) is 0 Å². The molecule has 0 fully saturated rings. The highest BCUT2D eigenvalue weighted by Crippen LogP contribution is 2.06. The van der Waals surface area contributed by atoms with Crippen molar-refractivity contribution in [2.24, 2.45) is 0 Å². The monoisotopic (exact) mass is 380 g/mol. The van der Waals surface area contributed by atoms with Gasteiger partial charge in [-0.05, 0) is 17.5 Å². The number of carboxylic acids is 1. The first kappa shape index (κ1) is 20.9. The van der Waals surface area contributed by atoms with Gasteiger partial charge in [-0.1, -0.05) is 72.8 Å². The average Bonchev–Trinajstić information content (AvgIpc) is 2.67. The molecular weight excluding hydrogens is 356 g/mol. The molecule has 0 aromatic heterocycles. The topological polar surface area (TPSA) is 95.5 Å². The lowest BCUT2D eigenvalue weighted by atomic mass is 10.0. The minimum atomic E-state index is -1.13. The summed E-state index contributed by atoms with van der Waals surface area (Å²) in [5.74, 6) is -2.01. The molecule has 0 unspecified atom stereocenters. The second-order valence-electron chi connectivity index (χ2n) is 6.39. The maximum absolute atomic E-state index is 12.6. The van der Waals surface area contributed by atoms with E-state index in [-0.39, 0.29) is 18.7 Å². The lowest BCUT2D eigenvalue weighted by Gasteiger charge is -2.20. The number of nitrogens with one attached hydrogen (secondary N) is 2. The van der Waals surface area contributed by atoms with E-state index in [2.05, 4.69) is 10.6 Å². The summed E-state index contributed by atoms with van der Waals surface area (Å²) in [6.45, 7) is 1.32. The quantitative estimate of drug-likeness (QED) is 0.622. The van der Waals surface area contributed by atoms with Gasteiger partial charge in [-0.2, -0.15) is 0 Å². The molecule has 146 valence electrons. The molecule has 0 aliphatic heterocycles. The van der Waals surface area contributed by atoms with Crippen molar-refractivity contribution >= 4 is 23.9 Å². The lowest BCUT2D eigenvalue weighted by molar-refractivity contribution is -0.142. The number of carboxylic acid groups (broad SMARTS) is 1. The number of hydrogen-bond acceptors (Lipinski definition) is 3. The molecule has 0 spiro atoms. The van der Waals surface area contributed by atoms with Gasteiger partial charge in [-0.3, -0.25) is 9.59 Å². The standard InChI is InChI=1S/C22H24N2O4/c1-16(25)23-20(15-18-11-6-3-7-12-18)21(26)24-19(22(27)28)14-8-13-17-9-4-2-5-10-17/h2-13,19-20H,14-15H2,1H3,(H,23,25)(H,24,26)(H,27,28)/b13-8+/t19-,20-/m1/s1. The normalized spacial score (nSPS) is 12.9. The average molecular weight is 380 g/mol. The predicted molar refractivity (Wildman–Crippen MR) is 107 cm³/mol. The SMILES string of the molecule is CC(=O)N[C@H](Cc1ccccc1)C(=O)N[C@H](C/C=C/c1ccccc1)C(=O)O. The first-order valence-corrected chi connectivity index (χ1v) is 9.01. The Bertz CT molecular complexity index is 819. The van der Waals surface area contributed by atoms with Gasteiger partial charge in [0, 0.05) is 13.3 Å². The molecule has 0 aliphatic rings. The minimum Gasteiger partial charge on any atom is -0.480 e. The zero-order valence-corrected chi connectivity index (χ0v) is 15.7. The summed E-state index contributed by atoms with van der Waals surface area (Å²) in [5.41, 5.74) is 1.81. The highest BCUT2D eigenvalue weighted by Gasteiger charge is 2.25. The number of carbonyl (C=O) groups is 3. The van der Waals surface area contributed by atoms with Crippen LogP contribution in [0.1, 0.15) is 24.5 Å². The van der Waals surface area contributed by atoms with Gasteiger partial charge in [0.15, 0.2) is 0 Å². The second-order valence-corrected chi connectivity index (χ2v) is 6.39. The Kier molecular flexibility index (Phi) is 7.96. The van der Waals surface area contributed by atoms with Crippen molar-refractivity contribution in [3.8, 4) is 0 Å². The molecule has 3 N–H and O–H groups in total. The summed E-state index contributed by atoms with van der Waals surface area (Å²) in [6, 6.07) is 16.8. The third kappa shape index (κ3) is 7.07. The Morgan fingerprint density at radius 3 is 2.11 bits per heavy atom. The second kappa shape index (κ2) is 10.7. The Hall–Kier alpha value is -3.41. The number of hydrogen-bond donors (Lipinski definition) is 3. The molecule has 2 atom stereocenters. The van der Waals surface area contributed by atoms with Crippen LogP contribution in [0.5, 0.6) is 0 Å². The van der Waals surface area contributed by atoms with Crippen LogP contribution in [0.4, 0.5) is 0 Å². The summed E-state index contributed by atoms with van der Waals surface area (Å²) in [5, 5.41) is 14.6. The van der Waals surface area contributed by atoms with E-state index in [1.807, 2.05) is 60.7 Å². The van der Waals surface area contributed by atoms with E-state index < -0.39 is 24.0 Å². The Labute approximate surface area is 164 Å². The Morgan fingerprint density at radius 1 is 0.929 bits per heavy atom. The molecule has 2 aromatic carbocycles. The summed E-state index contributed by atoms with van der Waals surface area (Å²) in [7, 11) is 0. The molecule has 2 rings (SSSR count). The summed E-state index contributed by atoms with van der Waals surface area (Å²) >= 11 is 0. The van der Waals surface area contributed by atoms with Gasteiger partial charge in [0.05, 0.1) is 0 Å². The van der Waals surface area contributed by atoms with Gasteiger partial charge >= 0.3 is 5.97 Å². The van der Waals surface area contributed by atoms with E-state index in [9.17, 15) is 19.5 Å². The van der Waals surface area contributed by atoms with Crippen LogP contribution in [0.15, 0.2) is 66.7 Å². The molecule has 2 amide bonds. The molecule has 0 heterocycles. The third-order valence-electron chi connectivity index (χ3n) is 4.07. The van der Waals surface area contributed by atoms with Gasteiger partial charge < -0.3 is 15.7 Å². The molecule has 6 nitrogen and oxygen atoms in total. The largest absolute Gasteiger partial charge is 0.480 e. The molecule has 0 saturated heterocycles. The van der Waals surface area contributed by atoms with Crippen molar-refractivity contribution in [3.05, 3.63) is 77.9 Å². The van der Waals surface area contributed by atoms with Crippen molar-refractivity contribution in [1.82, 2.24) is 10.6 Å². The Morgan fingerprint density at radius 2 is 1.54 bits per heavy atom. The van der Waals surface area contributed by atoms with E-state index in [0.29, 0.717) is 0 Å². The van der Waals surface area contributed by atoms with E-state index in [4.69, 9.17) is 0 Å². The number of amides is 2. The van der Waals surface area contributed by atoms with Crippen LogP contribution in [0, 0.1) is 0 Å². The predicted octanol–water partition coefficient (Wildman–Crippen LogP) is 2.41. The number of rotatable bonds is 9. The van der Waals surface area contributed by atoms with Crippen LogP contribution in [0.25, 0.3) is 6.08 Å². The van der Waals surface area contributed by atoms with Crippen LogP contribution < -0.4 is 10.6 Å². The zero-order valence-electron chi connectivity index (χ0n) is 15.7. The highest BCUT2D eigenvalue weighted by atomic mass is 16.4. The fourth-order valence-corrected chi connectivity index (χ4v) is 2.70. The minimum absolute atomic E-state index is 0.133. The number of benzene rings is 2. The van der Waals surface area contributed by atoms with Crippen molar-refractivity contribution in [1.29, 1.82) is 0 Å². The maximum atomic E-state index is 12.6. The molecule has 0 radical (unpaired) electrons. The van der Waals surface area contributed by atoms with Crippen molar-refractivity contribution in [2.45, 2.75) is 31.8 Å². The number of carbonyl (C=O) groups excluding carboxylic acids is 2. The molecule has 0 aliphatic carbocycles. The summed E-state index contributed by atoms with van der Waals surface area (Å²) in [4.78, 5) is 35.6. The highest BCUT2D eigenvalue weighted by molar-refractivity contribution is 5.90. The van der Waals surface area contributed by atoms with E-state index in [1.54, 1.807) is 12.2 Å². The van der Waals surface area contributed by atoms with Gasteiger partial charge in [0.25, 0.3) is 0 Å². The van der Waals surface area contributed by atoms with Crippen molar-refractivity contribution < 1.29 is 19.5 Å². The zero-order chi connectivity index (χ0) is 20.4. The summed E-state index contributed by atoms with van der Waals surface area (Å²) in [6.07, 6.45) is 3.92. The fourth-order valence-electron chi connectivity index (χ4n) is 2.70. The molecule has 28 heavy (non-hydrogen) atoms. The lowest BCUT2D eigenvalue weighted by Crippen LogP contribution is -2.52. The van der Waals surface area contributed by atoms with Crippen molar-refractivity contribution in [3.63, 3.8) is 0 Å². The van der Waals surface area contributed by atoms with Crippen LogP contribution in [-0.4, -0.2) is 35.0 Å². The van der Waals surface area contributed by atoms with E-state index in [0.717, 1.165) is 11.1 Å². The molecule has 6 heteroatoms. The maximum Gasteiger partial charge on any atom is 0.326 e. The first-order valence-electron chi connectivity index (χ1n) is 9.01. The Balaban J connectivity index is 2.03. The fraction of sp³-hybridized carbons (Fsp3) is 0.227. The molecule has 0 bridgehead atoms. The van der Waals surface area contributed by atoms with Gasteiger partial charge in [0.1, 0.15) is 12.1 Å². The van der Waals surface area contributed by atoms with Crippen molar-refractivity contribution in [2.75, 3.05) is 0 Å². The van der Waals surface area contributed by atoms with Gasteiger partial charge in [-0.25, -0.2) is 4.79 Å². The van der Waals surface area contributed by atoms with Gasteiger partial charge in [0.2, 0.25) is 11.8 Å². The van der Waals surface area contributed by atoms with Crippen LogP contribution in [0.2, 0.25) is 0 Å². The van der Waals surface area contributed by atoms with Crippen LogP contribution >= 0.6 is 0 Å². The van der Waals surface area contributed by atoms with E-state index >= 15 is 0 Å². The first-order chi connectivity index (χ1) is 13.5. The van der Waals surface area contributed by atoms with Crippen LogP contribution in [-0.2, 0) is 20.8 Å². The molecule has 2 aromatic rings. The number of aliphatic carboxylic acids is 1. The van der Waals surface area contributed by atoms with E-state index in [1.165, 1.54) is 6.92 Å². The molecule has 0 saturated carbocycles. The summed E-state index contributed by atoms with van der Waals surface area (Å²) < 4.78 is 0. The molecular formula is C22H24N2O4. The smallest absolute Gasteiger partial charge is 0.326 e. The van der Waals surface area contributed by atoms with Crippen LogP contribution in [0.3, 0.4) is 0 Å². The third-order valence-corrected chi connectivity index (χ3v) is 4.07.